The van der Waals surface area contributed by atoms with Crippen LogP contribution in [0.1, 0.15) is 48.0 Å². The molecule has 0 unspecified atom stereocenters. The number of rotatable bonds is 3. The van der Waals surface area contributed by atoms with Crippen molar-refractivity contribution in [3.05, 3.63) is 58.7 Å². The number of hydrogen-bond donors (Lipinski definition) is 0. The number of fused-ring (bicyclic) bond motifs is 2. The maximum absolute atomic E-state index is 6.08. The quantitative estimate of drug-likeness (QED) is 0.873. The number of aromatic nitrogens is 2. The van der Waals surface area contributed by atoms with E-state index in [9.17, 15) is 0 Å². The minimum Gasteiger partial charge on any atom is -0.361 e. The lowest BCUT2D eigenvalue weighted by Gasteiger charge is -2.47. The van der Waals surface area contributed by atoms with Crippen molar-refractivity contribution in [2.24, 2.45) is 0 Å². The SMILES string of the molecule is Cc1ncc2c(n1)COC21CN(Cc2ccc(C(C)C)cc2)C1. The van der Waals surface area contributed by atoms with Gasteiger partial charge in [0.2, 0.25) is 0 Å². The zero-order valence-electron chi connectivity index (χ0n) is 14.0. The molecule has 1 aromatic heterocycles. The van der Waals surface area contributed by atoms with Gasteiger partial charge in [-0.15, -0.1) is 0 Å². The van der Waals surface area contributed by atoms with Gasteiger partial charge in [-0.1, -0.05) is 38.1 Å². The maximum Gasteiger partial charge on any atom is 0.125 e. The highest BCUT2D eigenvalue weighted by Gasteiger charge is 2.50. The molecule has 1 aromatic carbocycles. The molecule has 2 aromatic rings. The van der Waals surface area contributed by atoms with Gasteiger partial charge in [-0.25, -0.2) is 9.97 Å². The first-order valence-electron chi connectivity index (χ1n) is 8.34. The van der Waals surface area contributed by atoms with Gasteiger partial charge in [-0.2, -0.15) is 0 Å². The molecular weight excluding hydrogens is 286 g/mol. The molecule has 4 nitrogen and oxygen atoms in total. The van der Waals surface area contributed by atoms with Crippen LogP contribution in [0.15, 0.2) is 30.5 Å². The standard InChI is InChI=1S/C19H23N3O/c1-13(2)16-6-4-15(5-7-16)9-22-11-19(12-22)17-8-20-14(3)21-18(17)10-23-19/h4-8,13H,9-12H2,1-3H3. The van der Waals surface area contributed by atoms with Crippen LogP contribution in [0.5, 0.6) is 0 Å². The van der Waals surface area contributed by atoms with E-state index in [0.29, 0.717) is 12.5 Å². The molecule has 4 rings (SSSR count). The van der Waals surface area contributed by atoms with E-state index in [0.717, 1.165) is 31.2 Å². The molecule has 3 heterocycles. The van der Waals surface area contributed by atoms with Gasteiger partial charge < -0.3 is 4.74 Å². The van der Waals surface area contributed by atoms with Crippen LogP contribution in [0, 0.1) is 6.92 Å². The van der Waals surface area contributed by atoms with Gasteiger partial charge in [-0.05, 0) is 24.0 Å². The molecular formula is C19H23N3O. The normalized spacial score (nSPS) is 19.1. The summed E-state index contributed by atoms with van der Waals surface area (Å²) in [6.45, 7) is 9.84. The Bertz CT molecular complexity index is 718. The van der Waals surface area contributed by atoms with Crippen molar-refractivity contribution < 1.29 is 4.74 Å². The second-order valence-corrected chi connectivity index (χ2v) is 7.10. The lowest BCUT2D eigenvalue weighted by atomic mass is 9.87. The highest BCUT2D eigenvalue weighted by atomic mass is 16.5. The molecule has 23 heavy (non-hydrogen) atoms. The summed E-state index contributed by atoms with van der Waals surface area (Å²) in [5.41, 5.74) is 4.85. The molecule has 2 aliphatic rings. The van der Waals surface area contributed by atoms with Crippen molar-refractivity contribution >= 4 is 0 Å². The van der Waals surface area contributed by atoms with Crippen LogP contribution in [-0.2, 0) is 23.5 Å². The first-order valence-corrected chi connectivity index (χ1v) is 8.34. The average molecular weight is 309 g/mol. The predicted molar refractivity (Wildman–Crippen MR) is 89.0 cm³/mol. The Morgan fingerprint density at radius 1 is 1.22 bits per heavy atom. The Morgan fingerprint density at radius 3 is 2.65 bits per heavy atom. The first-order chi connectivity index (χ1) is 11.1. The minimum absolute atomic E-state index is 0.166. The van der Waals surface area contributed by atoms with Crippen molar-refractivity contribution in [2.75, 3.05) is 13.1 Å². The summed E-state index contributed by atoms with van der Waals surface area (Å²) in [5, 5.41) is 0. The molecule has 1 fully saturated rings. The molecule has 120 valence electrons. The van der Waals surface area contributed by atoms with E-state index in [1.54, 1.807) is 0 Å². The molecule has 0 bridgehead atoms. The summed E-state index contributed by atoms with van der Waals surface area (Å²) in [6.07, 6.45) is 1.96. The van der Waals surface area contributed by atoms with Crippen LogP contribution in [0.25, 0.3) is 0 Å². The summed E-state index contributed by atoms with van der Waals surface area (Å²) < 4.78 is 6.08. The zero-order valence-corrected chi connectivity index (χ0v) is 14.0. The van der Waals surface area contributed by atoms with E-state index in [4.69, 9.17) is 4.74 Å². The number of nitrogens with zero attached hydrogens (tertiary/aromatic N) is 3. The molecule has 2 aliphatic heterocycles. The molecule has 0 saturated carbocycles. The van der Waals surface area contributed by atoms with Crippen LogP contribution in [0.2, 0.25) is 0 Å². The van der Waals surface area contributed by atoms with E-state index in [1.165, 1.54) is 16.7 Å². The zero-order chi connectivity index (χ0) is 16.0. The smallest absolute Gasteiger partial charge is 0.125 e. The van der Waals surface area contributed by atoms with E-state index >= 15 is 0 Å². The van der Waals surface area contributed by atoms with Gasteiger partial charge in [0, 0.05) is 31.4 Å². The molecule has 0 atom stereocenters. The fraction of sp³-hybridized carbons (Fsp3) is 0.474. The Hall–Kier alpha value is -1.78. The number of ether oxygens (including phenoxy) is 1. The third kappa shape index (κ3) is 2.56. The van der Waals surface area contributed by atoms with E-state index in [2.05, 4.69) is 53.0 Å². The number of aryl methyl sites for hydroxylation is 1. The maximum atomic E-state index is 6.08. The van der Waals surface area contributed by atoms with Crippen LogP contribution in [0.3, 0.4) is 0 Å². The second-order valence-electron chi connectivity index (χ2n) is 7.10. The summed E-state index contributed by atoms with van der Waals surface area (Å²) >= 11 is 0. The molecule has 4 heteroatoms. The number of likely N-dealkylation sites (tertiary alicyclic amines) is 1. The fourth-order valence-electron chi connectivity index (χ4n) is 3.61. The molecule has 0 amide bonds. The summed E-state index contributed by atoms with van der Waals surface area (Å²) in [7, 11) is 0. The molecule has 0 N–H and O–H groups in total. The fourth-order valence-corrected chi connectivity index (χ4v) is 3.61. The van der Waals surface area contributed by atoms with E-state index in [1.807, 2.05) is 13.1 Å². The van der Waals surface area contributed by atoms with Crippen molar-refractivity contribution in [3.8, 4) is 0 Å². The van der Waals surface area contributed by atoms with Gasteiger partial charge >= 0.3 is 0 Å². The van der Waals surface area contributed by atoms with Crippen molar-refractivity contribution in [1.29, 1.82) is 0 Å². The van der Waals surface area contributed by atoms with Gasteiger partial charge in [-0.3, -0.25) is 4.90 Å². The average Bonchev–Trinajstić information content (AvgIpc) is 2.86. The third-order valence-corrected chi connectivity index (χ3v) is 4.97. The summed E-state index contributed by atoms with van der Waals surface area (Å²) in [4.78, 5) is 11.3. The van der Waals surface area contributed by atoms with Crippen LogP contribution < -0.4 is 0 Å². The third-order valence-electron chi connectivity index (χ3n) is 4.97. The largest absolute Gasteiger partial charge is 0.361 e. The number of hydrogen-bond acceptors (Lipinski definition) is 4. The van der Waals surface area contributed by atoms with Gasteiger partial charge in [0.25, 0.3) is 0 Å². The Kier molecular flexibility index (Phi) is 3.47. The van der Waals surface area contributed by atoms with Crippen molar-refractivity contribution in [3.63, 3.8) is 0 Å². The van der Waals surface area contributed by atoms with E-state index < -0.39 is 0 Å². The van der Waals surface area contributed by atoms with Crippen LogP contribution in [0.4, 0.5) is 0 Å². The minimum atomic E-state index is -0.166. The monoisotopic (exact) mass is 309 g/mol. The van der Waals surface area contributed by atoms with Crippen LogP contribution >= 0.6 is 0 Å². The molecule has 0 radical (unpaired) electrons. The molecule has 0 aliphatic carbocycles. The summed E-state index contributed by atoms with van der Waals surface area (Å²) in [5.74, 6) is 1.41. The topological polar surface area (TPSA) is 38.3 Å². The highest BCUT2D eigenvalue weighted by molar-refractivity contribution is 5.33. The number of benzene rings is 1. The van der Waals surface area contributed by atoms with Gasteiger partial charge in [0.1, 0.15) is 11.4 Å². The van der Waals surface area contributed by atoms with Crippen molar-refractivity contribution in [1.82, 2.24) is 14.9 Å². The Labute approximate surface area is 137 Å². The second kappa shape index (κ2) is 5.39. The lowest BCUT2D eigenvalue weighted by Crippen LogP contribution is -2.58. The molecule has 1 saturated heterocycles. The van der Waals surface area contributed by atoms with Gasteiger partial charge in [0.15, 0.2) is 0 Å². The van der Waals surface area contributed by atoms with Crippen molar-refractivity contribution in [2.45, 2.75) is 45.4 Å². The highest BCUT2D eigenvalue weighted by Crippen LogP contribution is 2.42. The predicted octanol–water partition coefficient (Wildman–Crippen LogP) is 3.15. The summed E-state index contributed by atoms with van der Waals surface area (Å²) in [6, 6.07) is 8.98. The van der Waals surface area contributed by atoms with Crippen LogP contribution in [-0.4, -0.2) is 28.0 Å². The Morgan fingerprint density at radius 2 is 1.96 bits per heavy atom. The molecule has 1 spiro atoms. The Balaban J connectivity index is 1.43. The van der Waals surface area contributed by atoms with Gasteiger partial charge in [0.05, 0.1) is 12.3 Å². The lowest BCUT2D eigenvalue weighted by molar-refractivity contribution is -0.145. The first kappa shape index (κ1) is 14.8. The van der Waals surface area contributed by atoms with E-state index in [-0.39, 0.29) is 5.60 Å².